The molecule has 3 N–H and O–H groups in total. The molecule has 1 aliphatic rings. The lowest BCUT2D eigenvalue weighted by Crippen LogP contribution is -2.09. The van der Waals surface area contributed by atoms with Crippen LogP contribution in [0.2, 0.25) is 0 Å². The topological polar surface area (TPSA) is 109 Å². The molecule has 162 valence electrons. The third kappa shape index (κ3) is 3.85. The van der Waals surface area contributed by atoms with Crippen molar-refractivity contribution in [2.45, 2.75) is 25.4 Å². The predicted octanol–water partition coefficient (Wildman–Crippen LogP) is 5.05. The van der Waals surface area contributed by atoms with Gasteiger partial charge in [0.15, 0.2) is 0 Å². The fourth-order valence-corrected chi connectivity index (χ4v) is 4.50. The largest absolute Gasteiger partial charge is 0.485 e. The highest BCUT2D eigenvalue weighted by atomic mass is 16.5. The van der Waals surface area contributed by atoms with E-state index in [0.717, 1.165) is 40.3 Å². The molecule has 4 aromatic rings. The maximum Gasteiger partial charge on any atom is 0.308 e. The number of carbonyl (C=O) groups is 1. The van der Waals surface area contributed by atoms with Crippen molar-refractivity contribution in [2.24, 2.45) is 0 Å². The number of ether oxygens (including phenoxy) is 1. The van der Waals surface area contributed by atoms with Crippen molar-refractivity contribution in [3.8, 4) is 22.9 Å². The Morgan fingerprint density at radius 2 is 1.97 bits per heavy atom. The molecule has 0 radical (unpaired) electrons. The second kappa shape index (κ2) is 8.29. The first-order valence-electron chi connectivity index (χ1n) is 10.7. The summed E-state index contributed by atoms with van der Waals surface area (Å²) in [6, 6.07) is 21.6. The average Bonchev–Trinajstić information content (AvgIpc) is 3.22. The smallest absolute Gasteiger partial charge is 0.308 e. The number of carboxylic acid groups (broad SMARTS) is 1. The van der Waals surface area contributed by atoms with Crippen LogP contribution in [0.5, 0.6) is 5.75 Å². The minimum absolute atomic E-state index is 0.214. The number of benzene rings is 3. The van der Waals surface area contributed by atoms with Crippen molar-refractivity contribution in [1.82, 2.24) is 4.98 Å². The molecule has 0 amide bonds. The molecule has 1 aliphatic carbocycles. The van der Waals surface area contributed by atoms with Gasteiger partial charge in [0.25, 0.3) is 0 Å². The molecule has 0 bridgehead atoms. The van der Waals surface area contributed by atoms with Crippen molar-refractivity contribution < 1.29 is 14.6 Å². The molecule has 0 fully saturated rings. The summed E-state index contributed by atoms with van der Waals surface area (Å²) in [4.78, 5) is 15.6. The fourth-order valence-electron chi connectivity index (χ4n) is 4.50. The van der Waals surface area contributed by atoms with Crippen LogP contribution >= 0.6 is 0 Å². The lowest BCUT2D eigenvalue weighted by atomic mass is 9.98. The molecule has 1 unspecified atom stereocenters. The molecule has 0 spiro atoms. The first-order chi connectivity index (χ1) is 16.0. The van der Waals surface area contributed by atoms with E-state index in [0.29, 0.717) is 22.7 Å². The standard InChI is InChI=1S/C27H21N3O3/c28-15-20-2-1-3-24(22(20)14-26(31)32)33-25-9-8-16-4-6-18(12-21(16)25)19-7-5-17-10-11-30-27(29)23(17)13-19/h1-7,10-13,25H,8-9,14H2,(H2,29,30)(H,31,32). The summed E-state index contributed by atoms with van der Waals surface area (Å²) < 4.78 is 6.31. The zero-order valence-electron chi connectivity index (χ0n) is 17.8. The highest BCUT2D eigenvalue weighted by Gasteiger charge is 2.26. The Labute approximate surface area is 190 Å². The molecule has 1 atom stereocenters. The molecule has 33 heavy (non-hydrogen) atoms. The Balaban J connectivity index is 1.50. The van der Waals surface area contributed by atoms with Crippen molar-refractivity contribution in [3.63, 3.8) is 0 Å². The minimum Gasteiger partial charge on any atom is -0.485 e. The Kier molecular flexibility index (Phi) is 5.15. The highest BCUT2D eigenvalue weighted by molar-refractivity contribution is 5.94. The van der Waals surface area contributed by atoms with Crippen LogP contribution < -0.4 is 10.5 Å². The Hall–Kier alpha value is -4.37. The van der Waals surface area contributed by atoms with Crippen LogP contribution in [0.25, 0.3) is 21.9 Å². The van der Waals surface area contributed by atoms with Gasteiger partial charge in [-0.15, -0.1) is 0 Å². The second-order valence-electron chi connectivity index (χ2n) is 8.16. The van der Waals surface area contributed by atoms with E-state index in [1.165, 1.54) is 5.56 Å². The third-order valence-corrected chi connectivity index (χ3v) is 6.15. The summed E-state index contributed by atoms with van der Waals surface area (Å²) in [7, 11) is 0. The quantitative estimate of drug-likeness (QED) is 0.454. The zero-order chi connectivity index (χ0) is 22.9. The van der Waals surface area contributed by atoms with Crippen LogP contribution in [0.4, 0.5) is 5.82 Å². The molecule has 1 heterocycles. The number of hydrogen-bond donors (Lipinski definition) is 2. The Morgan fingerprint density at radius 3 is 2.79 bits per heavy atom. The Bertz CT molecular complexity index is 1440. The number of nitriles is 1. The van der Waals surface area contributed by atoms with Crippen LogP contribution in [0, 0.1) is 11.3 Å². The van der Waals surface area contributed by atoms with E-state index >= 15 is 0 Å². The number of aromatic nitrogens is 1. The molecular weight excluding hydrogens is 414 g/mol. The molecule has 0 saturated heterocycles. The maximum atomic E-state index is 11.4. The number of hydrogen-bond acceptors (Lipinski definition) is 5. The molecule has 3 aromatic carbocycles. The van der Waals surface area contributed by atoms with E-state index in [-0.39, 0.29) is 12.5 Å². The summed E-state index contributed by atoms with van der Waals surface area (Å²) >= 11 is 0. The maximum absolute atomic E-state index is 11.4. The number of aryl methyl sites for hydroxylation is 1. The number of aliphatic carboxylic acids is 1. The van der Waals surface area contributed by atoms with Gasteiger partial charge >= 0.3 is 5.97 Å². The van der Waals surface area contributed by atoms with Gasteiger partial charge in [-0.1, -0.05) is 30.3 Å². The van der Waals surface area contributed by atoms with Crippen molar-refractivity contribution in [3.05, 3.63) is 89.1 Å². The number of fused-ring (bicyclic) bond motifs is 2. The van der Waals surface area contributed by atoms with E-state index in [9.17, 15) is 15.2 Å². The number of nitrogens with two attached hydrogens (primary N) is 1. The molecule has 1 aromatic heterocycles. The number of rotatable bonds is 5. The Morgan fingerprint density at radius 1 is 1.15 bits per heavy atom. The van der Waals surface area contributed by atoms with E-state index < -0.39 is 5.97 Å². The van der Waals surface area contributed by atoms with E-state index in [2.05, 4.69) is 35.3 Å². The van der Waals surface area contributed by atoms with Crippen LogP contribution in [0.3, 0.4) is 0 Å². The summed E-state index contributed by atoms with van der Waals surface area (Å²) in [6.07, 6.45) is 2.89. The van der Waals surface area contributed by atoms with Crippen molar-refractivity contribution >= 4 is 22.6 Å². The van der Waals surface area contributed by atoms with E-state index in [1.54, 1.807) is 24.4 Å². The van der Waals surface area contributed by atoms with Gasteiger partial charge in [-0.3, -0.25) is 4.79 Å². The number of nitrogen functional groups attached to an aromatic ring is 1. The molecule has 0 saturated carbocycles. The lowest BCUT2D eigenvalue weighted by molar-refractivity contribution is -0.136. The lowest BCUT2D eigenvalue weighted by Gasteiger charge is -2.19. The predicted molar refractivity (Wildman–Crippen MR) is 126 cm³/mol. The molecule has 6 heteroatoms. The van der Waals surface area contributed by atoms with Gasteiger partial charge in [-0.05, 0) is 70.8 Å². The average molecular weight is 435 g/mol. The van der Waals surface area contributed by atoms with Gasteiger partial charge < -0.3 is 15.6 Å². The monoisotopic (exact) mass is 435 g/mol. The summed E-state index contributed by atoms with van der Waals surface area (Å²) in [6.45, 7) is 0. The van der Waals surface area contributed by atoms with Crippen LogP contribution in [0.15, 0.2) is 66.9 Å². The van der Waals surface area contributed by atoms with Gasteiger partial charge in [0.1, 0.15) is 17.7 Å². The molecular formula is C27H21N3O3. The number of carboxylic acids is 1. The first-order valence-corrected chi connectivity index (χ1v) is 10.7. The highest BCUT2D eigenvalue weighted by Crippen LogP contribution is 2.39. The van der Waals surface area contributed by atoms with Crippen LogP contribution in [-0.4, -0.2) is 16.1 Å². The fraction of sp³-hybridized carbons (Fsp3) is 0.148. The van der Waals surface area contributed by atoms with E-state index in [1.807, 2.05) is 18.2 Å². The molecule has 5 rings (SSSR count). The van der Waals surface area contributed by atoms with Gasteiger partial charge in [0.05, 0.1) is 18.1 Å². The molecule has 6 nitrogen and oxygen atoms in total. The number of pyridine rings is 1. The number of anilines is 1. The zero-order valence-corrected chi connectivity index (χ0v) is 17.8. The van der Waals surface area contributed by atoms with Gasteiger partial charge in [-0.2, -0.15) is 5.26 Å². The molecule has 0 aliphatic heterocycles. The first kappa shape index (κ1) is 20.5. The van der Waals surface area contributed by atoms with Crippen LogP contribution in [0.1, 0.15) is 34.8 Å². The van der Waals surface area contributed by atoms with Crippen LogP contribution in [-0.2, 0) is 17.6 Å². The minimum atomic E-state index is -0.998. The van der Waals surface area contributed by atoms with Gasteiger partial charge in [0, 0.05) is 17.1 Å². The normalized spacial score (nSPS) is 14.6. The third-order valence-electron chi connectivity index (χ3n) is 6.15. The summed E-state index contributed by atoms with van der Waals surface area (Å²) in [5, 5.41) is 20.7. The van der Waals surface area contributed by atoms with Gasteiger partial charge in [-0.25, -0.2) is 4.98 Å². The summed E-state index contributed by atoms with van der Waals surface area (Å²) in [5.41, 5.74) is 11.2. The number of nitrogens with zero attached hydrogens (tertiary/aromatic N) is 2. The summed E-state index contributed by atoms with van der Waals surface area (Å²) in [5.74, 6) is -0.0500. The van der Waals surface area contributed by atoms with Crippen molar-refractivity contribution in [2.75, 3.05) is 5.73 Å². The van der Waals surface area contributed by atoms with Crippen molar-refractivity contribution in [1.29, 1.82) is 5.26 Å². The SMILES string of the molecule is N#Cc1cccc(OC2CCc3ccc(-c4ccc5ccnc(N)c5c4)cc32)c1CC(=O)O. The van der Waals surface area contributed by atoms with Gasteiger partial charge in [0.2, 0.25) is 0 Å². The second-order valence-corrected chi connectivity index (χ2v) is 8.16. The van der Waals surface area contributed by atoms with E-state index in [4.69, 9.17) is 10.5 Å².